The normalized spacial score (nSPS) is 15.9. The first-order valence-electron chi connectivity index (χ1n) is 4.11. The van der Waals surface area contributed by atoms with Crippen LogP contribution in [0.5, 0.6) is 0 Å². The van der Waals surface area contributed by atoms with Crippen molar-refractivity contribution in [2.24, 2.45) is 0 Å². The Hall–Kier alpha value is -0.610. The van der Waals surface area contributed by atoms with Gasteiger partial charge in [-0.2, -0.15) is 0 Å². The van der Waals surface area contributed by atoms with Crippen LogP contribution in [0, 0.1) is 0 Å². The highest BCUT2D eigenvalue weighted by molar-refractivity contribution is 5.72. The third-order valence-electron chi connectivity index (χ3n) is 1.48. The van der Waals surface area contributed by atoms with E-state index in [0.717, 1.165) is 26.3 Å². The minimum Gasteiger partial charge on any atom is -0.379 e. The summed E-state index contributed by atoms with van der Waals surface area (Å²) >= 11 is 0. The van der Waals surface area contributed by atoms with Gasteiger partial charge in [0.05, 0.1) is 13.2 Å². The molecule has 72 valence electrons. The highest BCUT2D eigenvalue weighted by atomic mass is 16.5. The summed E-state index contributed by atoms with van der Waals surface area (Å²) in [6.07, 6.45) is 0. The lowest BCUT2D eigenvalue weighted by atomic mass is 10.5. The van der Waals surface area contributed by atoms with Crippen molar-refractivity contribution in [1.29, 1.82) is 0 Å². The Morgan fingerprint density at radius 1 is 1.33 bits per heavy atom. The summed E-state index contributed by atoms with van der Waals surface area (Å²) in [4.78, 5) is 11.6. The van der Waals surface area contributed by atoms with Gasteiger partial charge in [0.25, 0.3) is 0 Å². The summed E-state index contributed by atoms with van der Waals surface area (Å²) in [5.74, 6) is 0.0926. The number of nitrogens with one attached hydrogen (secondary N) is 1. The van der Waals surface area contributed by atoms with E-state index in [1.165, 1.54) is 11.8 Å². The van der Waals surface area contributed by atoms with Crippen LogP contribution in [0.1, 0.15) is 6.92 Å². The molecular formula is C8H18N2O2. The Kier molecular flexibility index (Phi) is 6.70. The fourth-order valence-electron chi connectivity index (χ4n) is 0.516. The molecule has 1 rings (SSSR count). The predicted molar refractivity (Wildman–Crippen MR) is 48.1 cm³/mol. The van der Waals surface area contributed by atoms with Gasteiger partial charge in [-0.05, 0) is 0 Å². The maximum absolute atomic E-state index is 10.1. The molecule has 0 radical (unpaired) electrons. The molecule has 4 heteroatoms. The lowest BCUT2D eigenvalue weighted by molar-refractivity contribution is -0.126. The van der Waals surface area contributed by atoms with Crippen molar-refractivity contribution in [3.05, 3.63) is 0 Å². The fraction of sp³-hybridized carbons (Fsp3) is 0.875. The van der Waals surface area contributed by atoms with Crippen LogP contribution in [-0.2, 0) is 9.53 Å². The Balaban J connectivity index is 0.000000202. The Bertz CT molecular complexity index is 111. The third-order valence-corrected chi connectivity index (χ3v) is 1.48. The molecule has 1 saturated heterocycles. The molecule has 0 aliphatic carbocycles. The molecule has 0 aromatic heterocycles. The molecule has 0 unspecified atom stereocenters. The molecule has 0 aromatic carbocycles. The van der Waals surface area contributed by atoms with Crippen molar-refractivity contribution in [3.8, 4) is 0 Å². The summed E-state index contributed by atoms with van der Waals surface area (Å²) in [5.41, 5.74) is 0. The molecule has 0 atom stereocenters. The van der Waals surface area contributed by atoms with E-state index in [0.29, 0.717) is 0 Å². The van der Waals surface area contributed by atoms with Crippen molar-refractivity contribution in [2.75, 3.05) is 40.4 Å². The molecule has 1 fully saturated rings. The van der Waals surface area contributed by atoms with E-state index in [-0.39, 0.29) is 5.91 Å². The van der Waals surface area contributed by atoms with E-state index in [1.54, 1.807) is 14.1 Å². The SMILES string of the molecule is C1COCCN1.CC(=O)N(C)C. The van der Waals surface area contributed by atoms with E-state index in [9.17, 15) is 4.79 Å². The second kappa shape index (κ2) is 7.06. The molecule has 1 amide bonds. The minimum absolute atomic E-state index is 0.0926. The number of morpholine rings is 1. The smallest absolute Gasteiger partial charge is 0.218 e. The molecule has 0 spiro atoms. The summed E-state index contributed by atoms with van der Waals surface area (Å²) in [6.45, 7) is 5.36. The highest BCUT2D eigenvalue weighted by Gasteiger charge is 1.92. The first kappa shape index (κ1) is 11.4. The Morgan fingerprint density at radius 3 is 1.83 bits per heavy atom. The predicted octanol–water partition coefficient (Wildman–Crippen LogP) is -0.299. The average Bonchev–Trinajstić information content (AvgIpc) is 2.08. The molecule has 0 saturated carbocycles. The van der Waals surface area contributed by atoms with Crippen molar-refractivity contribution < 1.29 is 9.53 Å². The van der Waals surface area contributed by atoms with Gasteiger partial charge in [-0.1, -0.05) is 0 Å². The summed E-state index contributed by atoms with van der Waals surface area (Å²) in [6, 6.07) is 0. The highest BCUT2D eigenvalue weighted by Crippen LogP contribution is 1.76. The van der Waals surface area contributed by atoms with E-state index in [4.69, 9.17) is 4.74 Å². The largest absolute Gasteiger partial charge is 0.379 e. The zero-order chi connectivity index (χ0) is 9.40. The van der Waals surface area contributed by atoms with Gasteiger partial charge in [-0.25, -0.2) is 0 Å². The van der Waals surface area contributed by atoms with Crippen molar-refractivity contribution in [2.45, 2.75) is 6.92 Å². The number of carbonyl (C=O) groups is 1. The van der Waals surface area contributed by atoms with E-state index < -0.39 is 0 Å². The van der Waals surface area contributed by atoms with Crippen LogP contribution >= 0.6 is 0 Å². The van der Waals surface area contributed by atoms with Crippen molar-refractivity contribution >= 4 is 5.91 Å². The molecule has 0 bridgehead atoms. The van der Waals surface area contributed by atoms with Gasteiger partial charge < -0.3 is 15.0 Å². The number of hydrogen-bond donors (Lipinski definition) is 1. The van der Waals surface area contributed by atoms with Crippen LogP contribution in [0.4, 0.5) is 0 Å². The first-order valence-corrected chi connectivity index (χ1v) is 4.11. The molecule has 1 aliphatic rings. The fourth-order valence-corrected chi connectivity index (χ4v) is 0.516. The van der Waals surface area contributed by atoms with Crippen LogP contribution in [0.3, 0.4) is 0 Å². The second-order valence-corrected chi connectivity index (χ2v) is 2.78. The molecule has 1 heterocycles. The standard InChI is InChI=1S/2C4H9NO/c1-3-6-4-2-5-1;1-4(6)5(2)3/h5H,1-4H2;1-3H3. The van der Waals surface area contributed by atoms with Crippen LogP contribution in [-0.4, -0.2) is 51.2 Å². The number of nitrogens with zero attached hydrogens (tertiary/aromatic N) is 1. The molecule has 1 N–H and O–H groups in total. The Labute approximate surface area is 73.9 Å². The minimum atomic E-state index is 0.0926. The van der Waals surface area contributed by atoms with Gasteiger partial charge in [-0.3, -0.25) is 4.79 Å². The zero-order valence-corrected chi connectivity index (χ0v) is 8.09. The summed E-state index contributed by atoms with van der Waals surface area (Å²) < 4.78 is 5.01. The Morgan fingerprint density at radius 2 is 1.75 bits per heavy atom. The van der Waals surface area contributed by atoms with Gasteiger partial charge in [0.15, 0.2) is 0 Å². The van der Waals surface area contributed by atoms with Crippen molar-refractivity contribution in [1.82, 2.24) is 10.2 Å². The van der Waals surface area contributed by atoms with Crippen molar-refractivity contribution in [3.63, 3.8) is 0 Å². The number of ether oxygens (including phenoxy) is 1. The van der Waals surface area contributed by atoms with Crippen LogP contribution in [0.15, 0.2) is 0 Å². The van der Waals surface area contributed by atoms with Gasteiger partial charge in [0.2, 0.25) is 5.91 Å². The van der Waals surface area contributed by atoms with E-state index >= 15 is 0 Å². The summed E-state index contributed by atoms with van der Waals surface area (Å²) in [7, 11) is 3.45. The van der Waals surface area contributed by atoms with Gasteiger partial charge >= 0.3 is 0 Å². The van der Waals surface area contributed by atoms with Crippen LogP contribution in [0.25, 0.3) is 0 Å². The number of rotatable bonds is 0. The number of hydrogen-bond acceptors (Lipinski definition) is 3. The molecule has 4 nitrogen and oxygen atoms in total. The molecular weight excluding hydrogens is 156 g/mol. The van der Waals surface area contributed by atoms with E-state index in [1.807, 2.05) is 0 Å². The first-order chi connectivity index (χ1) is 5.64. The van der Waals surface area contributed by atoms with E-state index in [2.05, 4.69) is 5.32 Å². The topological polar surface area (TPSA) is 41.6 Å². The lowest BCUT2D eigenvalue weighted by Gasteiger charge is -2.10. The third kappa shape index (κ3) is 7.50. The van der Waals surface area contributed by atoms with Crippen LogP contribution < -0.4 is 5.32 Å². The molecule has 12 heavy (non-hydrogen) atoms. The monoisotopic (exact) mass is 174 g/mol. The average molecular weight is 174 g/mol. The molecule has 0 aromatic rings. The van der Waals surface area contributed by atoms with Gasteiger partial charge in [0.1, 0.15) is 0 Å². The maximum atomic E-state index is 10.1. The van der Waals surface area contributed by atoms with Gasteiger partial charge in [0, 0.05) is 34.1 Å². The zero-order valence-electron chi connectivity index (χ0n) is 8.09. The quantitative estimate of drug-likeness (QED) is 0.548. The number of carbonyl (C=O) groups excluding carboxylic acids is 1. The molecule has 1 aliphatic heterocycles. The van der Waals surface area contributed by atoms with Crippen LogP contribution in [0.2, 0.25) is 0 Å². The maximum Gasteiger partial charge on any atom is 0.218 e. The lowest BCUT2D eigenvalue weighted by Crippen LogP contribution is -2.30. The van der Waals surface area contributed by atoms with Gasteiger partial charge in [-0.15, -0.1) is 0 Å². The number of amides is 1. The summed E-state index contributed by atoms with van der Waals surface area (Å²) in [5, 5.41) is 3.16. The second-order valence-electron chi connectivity index (χ2n) is 2.78.